The molecule has 0 bridgehead atoms. The van der Waals surface area contributed by atoms with Crippen molar-refractivity contribution < 1.29 is 9.59 Å². The molecule has 0 aliphatic rings. The van der Waals surface area contributed by atoms with E-state index in [-0.39, 0.29) is 23.6 Å². The topological polar surface area (TPSA) is 58.2 Å². The van der Waals surface area contributed by atoms with Gasteiger partial charge in [0.25, 0.3) is 11.8 Å². The van der Waals surface area contributed by atoms with Crippen LogP contribution in [0.4, 0.5) is 0 Å². The molecule has 0 aliphatic carbocycles. The number of hydrogen-bond acceptors (Lipinski definition) is 2. The predicted octanol–water partition coefficient (Wildman–Crippen LogP) is 2.98. The van der Waals surface area contributed by atoms with Gasteiger partial charge in [-0.3, -0.25) is 9.59 Å². The molecular formula is C19H20N2O2. The van der Waals surface area contributed by atoms with E-state index >= 15 is 0 Å². The fraction of sp³-hybridized carbons (Fsp3) is 0.158. The summed E-state index contributed by atoms with van der Waals surface area (Å²) in [5.41, 5.74) is 1.57. The lowest BCUT2D eigenvalue weighted by Crippen LogP contribution is -2.38. The van der Waals surface area contributed by atoms with Crippen LogP contribution in [0.2, 0.25) is 0 Å². The number of benzene rings is 2. The molecule has 0 saturated carbocycles. The van der Waals surface area contributed by atoms with E-state index in [2.05, 4.69) is 10.6 Å². The van der Waals surface area contributed by atoms with E-state index in [0.29, 0.717) is 5.56 Å². The number of amides is 2. The van der Waals surface area contributed by atoms with Crippen molar-refractivity contribution in [2.75, 3.05) is 0 Å². The maximum Gasteiger partial charge on any atom is 0.268 e. The van der Waals surface area contributed by atoms with E-state index in [1.165, 1.54) is 0 Å². The number of nitrogens with one attached hydrogen (secondary N) is 2. The largest absolute Gasteiger partial charge is 0.349 e. The minimum atomic E-state index is -0.313. The molecule has 2 aromatic rings. The molecule has 0 heterocycles. The van der Waals surface area contributed by atoms with E-state index in [4.69, 9.17) is 0 Å². The lowest BCUT2D eigenvalue weighted by Gasteiger charge is -2.13. The lowest BCUT2D eigenvalue weighted by atomic mass is 10.1. The number of hydrogen-bond donors (Lipinski definition) is 2. The Balaban J connectivity index is 2.25. The maximum atomic E-state index is 12.3. The first-order valence-corrected chi connectivity index (χ1v) is 7.50. The van der Waals surface area contributed by atoms with Gasteiger partial charge in [-0.15, -0.1) is 0 Å². The summed E-state index contributed by atoms with van der Waals surface area (Å²) in [4.78, 5) is 24.6. The molecule has 0 atom stereocenters. The average molecular weight is 308 g/mol. The highest BCUT2D eigenvalue weighted by atomic mass is 16.2. The van der Waals surface area contributed by atoms with Crippen LogP contribution in [-0.2, 0) is 4.79 Å². The van der Waals surface area contributed by atoms with Crippen LogP contribution in [0.25, 0.3) is 6.08 Å². The van der Waals surface area contributed by atoms with Crippen LogP contribution >= 0.6 is 0 Å². The van der Waals surface area contributed by atoms with E-state index in [9.17, 15) is 9.59 Å². The van der Waals surface area contributed by atoms with Crippen LogP contribution in [0.1, 0.15) is 29.8 Å². The molecule has 0 spiro atoms. The van der Waals surface area contributed by atoms with E-state index in [0.717, 1.165) is 5.56 Å². The van der Waals surface area contributed by atoms with Gasteiger partial charge in [0, 0.05) is 11.6 Å². The molecule has 0 fully saturated rings. The Labute approximate surface area is 136 Å². The highest BCUT2D eigenvalue weighted by Crippen LogP contribution is 2.07. The maximum absolute atomic E-state index is 12.3. The van der Waals surface area contributed by atoms with Crippen LogP contribution in [0, 0.1) is 0 Å². The van der Waals surface area contributed by atoms with Crippen LogP contribution in [-0.4, -0.2) is 17.9 Å². The second-order valence-corrected chi connectivity index (χ2v) is 5.42. The third kappa shape index (κ3) is 5.11. The zero-order valence-corrected chi connectivity index (χ0v) is 13.2. The summed E-state index contributed by atoms with van der Waals surface area (Å²) in [6.45, 7) is 3.74. The first-order chi connectivity index (χ1) is 11.1. The van der Waals surface area contributed by atoms with Gasteiger partial charge in [0.1, 0.15) is 5.70 Å². The monoisotopic (exact) mass is 308 g/mol. The van der Waals surface area contributed by atoms with Gasteiger partial charge in [0.15, 0.2) is 0 Å². The normalized spacial score (nSPS) is 11.2. The van der Waals surface area contributed by atoms with Gasteiger partial charge < -0.3 is 10.6 Å². The van der Waals surface area contributed by atoms with Gasteiger partial charge in [-0.1, -0.05) is 48.5 Å². The molecule has 0 unspecified atom stereocenters. The van der Waals surface area contributed by atoms with Crippen molar-refractivity contribution in [1.29, 1.82) is 0 Å². The first kappa shape index (κ1) is 16.5. The van der Waals surface area contributed by atoms with Gasteiger partial charge in [0.05, 0.1) is 0 Å². The fourth-order valence-electron chi connectivity index (χ4n) is 2.00. The molecule has 2 aromatic carbocycles. The molecule has 4 nitrogen and oxygen atoms in total. The molecule has 0 saturated heterocycles. The Morgan fingerprint density at radius 1 is 0.913 bits per heavy atom. The van der Waals surface area contributed by atoms with E-state index < -0.39 is 0 Å². The summed E-state index contributed by atoms with van der Waals surface area (Å²) >= 11 is 0. The van der Waals surface area contributed by atoms with Crippen LogP contribution < -0.4 is 10.6 Å². The van der Waals surface area contributed by atoms with Gasteiger partial charge in [-0.05, 0) is 37.6 Å². The number of carbonyl (C=O) groups excluding carboxylic acids is 2. The number of rotatable bonds is 5. The second-order valence-electron chi connectivity index (χ2n) is 5.42. The molecule has 0 radical (unpaired) electrons. The minimum Gasteiger partial charge on any atom is -0.349 e. The highest BCUT2D eigenvalue weighted by Gasteiger charge is 2.15. The van der Waals surface area contributed by atoms with Crippen LogP contribution in [0.3, 0.4) is 0 Å². The quantitative estimate of drug-likeness (QED) is 0.834. The molecule has 0 aliphatic heterocycles. The Hall–Kier alpha value is -2.88. The van der Waals surface area contributed by atoms with Crippen molar-refractivity contribution >= 4 is 17.9 Å². The molecule has 2 rings (SSSR count). The van der Waals surface area contributed by atoms with Crippen LogP contribution in [0.5, 0.6) is 0 Å². The molecule has 2 N–H and O–H groups in total. The van der Waals surface area contributed by atoms with E-state index in [1.54, 1.807) is 30.3 Å². The molecule has 0 aromatic heterocycles. The third-order valence-electron chi connectivity index (χ3n) is 3.06. The summed E-state index contributed by atoms with van der Waals surface area (Å²) in [5, 5.41) is 5.50. The van der Waals surface area contributed by atoms with Crippen LogP contribution in [0.15, 0.2) is 66.4 Å². The predicted molar refractivity (Wildman–Crippen MR) is 91.6 cm³/mol. The van der Waals surface area contributed by atoms with Crippen molar-refractivity contribution in [2.24, 2.45) is 0 Å². The van der Waals surface area contributed by atoms with Gasteiger partial charge in [-0.25, -0.2) is 0 Å². The SMILES string of the molecule is CC(C)NC(=O)C(=Cc1ccccc1)NC(=O)c1ccccc1. The summed E-state index contributed by atoms with van der Waals surface area (Å²) in [6, 6.07) is 18.2. The van der Waals surface area contributed by atoms with Crippen molar-refractivity contribution in [3.05, 3.63) is 77.5 Å². The Morgan fingerprint density at radius 3 is 2.04 bits per heavy atom. The highest BCUT2D eigenvalue weighted by molar-refractivity contribution is 6.05. The van der Waals surface area contributed by atoms with Crippen molar-refractivity contribution in [1.82, 2.24) is 10.6 Å². The third-order valence-corrected chi connectivity index (χ3v) is 3.06. The molecular weight excluding hydrogens is 288 g/mol. The minimum absolute atomic E-state index is 0.0182. The molecule has 4 heteroatoms. The zero-order chi connectivity index (χ0) is 16.7. The van der Waals surface area contributed by atoms with Gasteiger partial charge >= 0.3 is 0 Å². The average Bonchev–Trinajstić information content (AvgIpc) is 2.55. The molecule has 2 amide bonds. The Morgan fingerprint density at radius 2 is 1.48 bits per heavy atom. The van der Waals surface area contributed by atoms with E-state index in [1.807, 2.05) is 50.2 Å². The number of carbonyl (C=O) groups is 2. The standard InChI is InChI=1S/C19H20N2O2/c1-14(2)20-19(23)17(13-15-9-5-3-6-10-15)21-18(22)16-11-7-4-8-12-16/h3-14H,1-2H3,(H,20,23)(H,21,22). The van der Waals surface area contributed by atoms with Crippen molar-refractivity contribution in [2.45, 2.75) is 19.9 Å². The molecule has 118 valence electrons. The zero-order valence-electron chi connectivity index (χ0n) is 13.2. The lowest BCUT2D eigenvalue weighted by molar-refractivity contribution is -0.118. The Bertz CT molecular complexity index is 692. The first-order valence-electron chi connectivity index (χ1n) is 7.50. The van der Waals surface area contributed by atoms with Gasteiger partial charge in [0.2, 0.25) is 0 Å². The molecule has 23 heavy (non-hydrogen) atoms. The smallest absolute Gasteiger partial charge is 0.268 e. The Kier molecular flexibility index (Phi) is 5.69. The second kappa shape index (κ2) is 7.94. The van der Waals surface area contributed by atoms with Gasteiger partial charge in [-0.2, -0.15) is 0 Å². The summed E-state index contributed by atoms with van der Waals surface area (Å²) in [6.07, 6.45) is 1.67. The summed E-state index contributed by atoms with van der Waals surface area (Å²) in [7, 11) is 0. The fourth-order valence-corrected chi connectivity index (χ4v) is 2.00. The van der Waals surface area contributed by atoms with Crippen molar-refractivity contribution in [3.63, 3.8) is 0 Å². The summed E-state index contributed by atoms with van der Waals surface area (Å²) in [5.74, 6) is -0.625. The van der Waals surface area contributed by atoms with Crippen molar-refractivity contribution in [3.8, 4) is 0 Å². The summed E-state index contributed by atoms with van der Waals surface area (Å²) < 4.78 is 0.